The molecule has 0 aromatic carbocycles. The van der Waals surface area contributed by atoms with Crippen LogP contribution in [0.1, 0.15) is 13.3 Å². The molecule has 0 spiro atoms. The Balaban J connectivity index is 2.67. The molecule has 1 unspecified atom stereocenters. The Morgan fingerprint density at radius 1 is 1.57 bits per heavy atom. The van der Waals surface area contributed by atoms with Crippen LogP contribution in [0.2, 0.25) is 0 Å². The van der Waals surface area contributed by atoms with Gasteiger partial charge >= 0.3 is 0 Å². The Morgan fingerprint density at radius 2 is 2.36 bits per heavy atom. The first-order valence-corrected chi connectivity index (χ1v) is 4.91. The number of nitrogens with two attached hydrogens (primary N) is 1. The van der Waals surface area contributed by atoms with Gasteiger partial charge in [0, 0.05) is 11.6 Å². The van der Waals surface area contributed by atoms with Crippen molar-refractivity contribution in [3.63, 3.8) is 0 Å². The van der Waals surface area contributed by atoms with Gasteiger partial charge in [-0.1, -0.05) is 50.0 Å². The van der Waals surface area contributed by atoms with Crippen molar-refractivity contribution >= 4 is 0 Å². The van der Waals surface area contributed by atoms with Crippen LogP contribution in [-0.2, 0) is 0 Å². The van der Waals surface area contributed by atoms with Crippen LogP contribution in [0.5, 0.6) is 0 Å². The highest BCUT2D eigenvalue weighted by molar-refractivity contribution is 5.36. The number of allylic oxidation sites excluding steroid dienone is 8. The molecule has 2 N–H and O–H groups in total. The van der Waals surface area contributed by atoms with Gasteiger partial charge < -0.3 is 5.73 Å². The zero-order chi connectivity index (χ0) is 10.4. The maximum atomic E-state index is 5.83. The van der Waals surface area contributed by atoms with Gasteiger partial charge in [-0.2, -0.15) is 0 Å². The maximum Gasteiger partial charge on any atom is 0.0279 e. The minimum absolute atomic E-state index is 0.251. The second-order valence-corrected chi connectivity index (χ2v) is 3.32. The molecular weight excluding hydrogens is 170 g/mol. The molecule has 0 saturated carbocycles. The third-order valence-electron chi connectivity index (χ3n) is 2.09. The van der Waals surface area contributed by atoms with Crippen LogP contribution in [0.15, 0.2) is 60.4 Å². The number of rotatable bonds is 3. The summed E-state index contributed by atoms with van der Waals surface area (Å²) in [5.74, 6) is 0.251. The van der Waals surface area contributed by atoms with Gasteiger partial charge in [0.1, 0.15) is 0 Å². The topological polar surface area (TPSA) is 26.0 Å². The zero-order valence-electron chi connectivity index (χ0n) is 8.61. The van der Waals surface area contributed by atoms with Crippen LogP contribution in [0.4, 0.5) is 0 Å². The number of hydrogen-bond acceptors (Lipinski definition) is 1. The van der Waals surface area contributed by atoms with E-state index in [4.69, 9.17) is 5.73 Å². The normalized spacial score (nSPS) is 22.2. The van der Waals surface area contributed by atoms with E-state index in [2.05, 4.69) is 25.7 Å². The summed E-state index contributed by atoms with van der Waals surface area (Å²) in [6, 6.07) is 0. The van der Waals surface area contributed by atoms with Gasteiger partial charge in [-0.05, 0) is 18.1 Å². The van der Waals surface area contributed by atoms with Crippen molar-refractivity contribution < 1.29 is 0 Å². The van der Waals surface area contributed by atoms with Crippen molar-refractivity contribution in [2.45, 2.75) is 13.3 Å². The highest BCUT2D eigenvalue weighted by atomic mass is 14.6. The summed E-state index contributed by atoms with van der Waals surface area (Å²) >= 11 is 0. The van der Waals surface area contributed by atoms with E-state index in [1.165, 1.54) is 0 Å². The first kappa shape index (κ1) is 10.6. The van der Waals surface area contributed by atoms with Crippen molar-refractivity contribution in [2.75, 3.05) is 0 Å². The van der Waals surface area contributed by atoms with Gasteiger partial charge in [0.2, 0.25) is 0 Å². The lowest BCUT2D eigenvalue weighted by atomic mass is 9.95. The van der Waals surface area contributed by atoms with E-state index in [-0.39, 0.29) is 5.92 Å². The average Bonchev–Trinajstić information content (AvgIpc) is 2.18. The van der Waals surface area contributed by atoms with Crippen LogP contribution >= 0.6 is 0 Å². The highest BCUT2D eigenvalue weighted by Gasteiger charge is 2.05. The minimum atomic E-state index is 0.251. The highest BCUT2D eigenvalue weighted by Crippen LogP contribution is 2.18. The van der Waals surface area contributed by atoms with Gasteiger partial charge in [-0.3, -0.25) is 0 Å². The first-order valence-electron chi connectivity index (χ1n) is 4.91. The Hall–Kier alpha value is -1.50. The molecular formula is C13H17N. The van der Waals surface area contributed by atoms with Crippen molar-refractivity contribution in [1.82, 2.24) is 0 Å². The molecule has 1 aliphatic carbocycles. The molecule has 1 atom stereocenters. The van der Waals surface area contributed by atoms with Crippen LogP contribution in [0, 0.1) is 5.92 Å². The number of hydrogen-bond donors (Lipinski definition) is 1. The summed E-state index contributed by atoms with van der Waals surface area (Å²) in [6.45, 7) is 6.06. The van der Waals surface area contributed by atoms with Crippen LogP contribution in [0.25, 0.3) is 0 Å². The third kappa shape index (κ3) is 3.09. The lowest BCUT2D eigenvalue weighted by Crippen LogP contribution is -2.02. The van der Waals surface area contributed by atoms with Gasteiger partial charge in [0.05, 0.1) is 0 Å². The van der Waals surface area contributed by atoms with E-state index in [1.807, 2.05) is 30.4 Å². The summed E-state index contributed by atoms with van der Waals surface area (Å²) in [5.41, 5.74) is 7.72. The summed E-state index contributed by atoms with van der Waals surface area (Å²) in [4.78, 5) is 0. The molecule has 1 rings (SSSR count). The van der Waals surface area contributed by atoms with E-state index >= 15 is 0 Å². The van der Waals surface area contributed by atoms with Crippen molar-refractivity contribution in [1.29, 1.82) is 0 Å². The molecule has 0 heterocycles. The fraction of sp³-hybridized carbons (Fsp3) is 0.231. The van der Waals surface area contributed by atoms with Gasteiger partial charge in [-0.25, -0.2) is 0 Å². The fourth-order valence-electron chi connectivity index (χ4n) is 1.28. The summed E-state index contributed by atoms with van der Waals surface area (Å²) in [7, 11) is 0. The Labute approximate surface area is 86.0 Å². The van der Waals surface area contributed by atoms with E-state index in [0.717, 1.165) is 17.7 Å². The third-order valence-corrected chi connectivity index (χ3v) is 2.09. The van der Waals surface area contributed by atoms with E-state index in [9.17, 15) is 0 Å². The summed E-state index contributed by atoms with van der Waals surface area (Å²) in [5, 5.41) is 0. The summed E-state index contributed by atoms with van der Waals surface area (Å²) in [6.07, 6.45) is 15.1. The molecule has 0 aromatic heterocycles. The molecule has 0 amide bonds. The largest absolute Gasteiger partial charge is 0.399 e. The molecule has 0 fully saturated rings. The quantitative estimate of drug-likeness (QED) is 0.675. The van der Waals surface area contributed by atoms with E-state index in [1.54, 1.807) is 0 Å². The monoisotopic (exact) mass is 187 g/mol. The molecule has 0 bridgehead atoms. The predicted molar refractivity (Wildman–Crippen MR) is 62.6 cm³/mol. The van der Waals surface area contributed by atoms with E-state index < -0.39 is 0 Å². The van der Waals surface area contributed by atoms with Crippen LogP contribution in [-0.4, -0.2) is 0 Å². The molecule has 1 heteroatoms. The predicted octanol–water partition coefficient (Wildman–Crippen LogP) is 3.09. The van der Waals surface area contributed by atoms with Gasteiger partial charge in [0.25, 0.3) is 0 Å². The molecule has 0 saturated heterocycles. The molecule has 0 radical (unpaired) electrons. The van der Waals surface area contributed by atoms with E-state index in [0.29, 0.717) is 0 Å². The first-order chi connectivity index (χ1) is 6.74. The van der Waals surface area contributed by atoms with Crippen LogP contribution in [0.3, 0.4) is 0 Å². The molecule has 14 heavy (non-hydrogen) atoms. The SMILES string of the molecule is C=C1C=CC=CC1/C=C(N)\C=C/CC. The summed E-state index contributed by atoms with van der Waals surface area (Å²) < 4.78 is 0. The van der Waals surface area contributed by atoms with Crippen molar-refractivity contribution in [3.05, 3.63) is 60.4 Å². The lowest BCUT2D eigenvalue weighted by molar-refractivity contribution is 0.984. The Kier molecular flexibility index (Phi) is 3.99. The Morgan fingerprint density at radius 3 is 3.00 bits per heavy atom. The Bertz CT molecular complexity index is 316. The molecule has 0 aliphatic heterocycles. The molecule has 74 valence electrons. The zero-order valence-corrected chi connectivity index (χ0v) is 8.61. The van der Waals surface area contributed by atoms with Gasteiger partial charge in [-0.15, -0.1) is 0 Å². The van der Waals surface area contributed by atoms with Crippen LogP contribution < -0.4 is 5.73 Å². The molecule has 1 aliphatic rings. The second kappa shape index (κ2) is 5.28. The van der Waals surface area contributed by atoms with Crippen molar-refractivity contribution in [2.24, 2.45) is 11.7 Å². The second-order valence-electron chi connectivity index (χ2n) is 3.32. The average molecular weight is 187 g/mol. The molecule has 0 aromatic rings. The maximum absolute atomic E-state index is 5.83. The minimum Gasteiger partial charge on any atom is -0.399 e. The standard InChI is InChI=1S/C13H17N/c1-3-4-9-13(14)10-12-8-6-5-7-11(12)2/h4-10,12H,2-3,14H2,1H3/b9-4-,13-10+. The van der Waals surface area contributed by atoms with Gasteiger partial charge in [0.15, 0.2) is 0 Å². The molecule has 1 nitrogen and oxygen atoms in total. The fourth-order valence-corrected chi connectivity index (χ4v) is 1.28. The lowest BCUT2D eigenvalue weighted by Gasteiger charge is -2.11. The van der Waals surface area contributed by atoms with Crippen molar-refractivity contribution in [3.8, 4) is 0 Å². The smallest absolute Gasteiger partial charge is 0.0279 e.